The summed E-state index contributed by atoms with van der Waals surface area (Å²) in [5, 5.41) is 49.6. The van der Waals surface area contributed by atoms with E-state index in [4.69, 9.17) is 5.73 Å². The number of carbonyl (C=O) groups excluding carboxylic acids is 10. The summed E-state index contributed by atoms with van der Waals surface area (Å²) in [4.78, 5) is 169. The maximum absolute atomic E-state index is 15.1. The number of carbonyl (C=O) groups is 11. The normalized spacial score (nSPS) is 23.0. The van der Waals surface area contributed by atoms with Gasteiger partial charge in [-0.25, -0.2) is 13.8 Å². The number of aromatic nitrogens is 7. The number of benzene rings is 3. The highest BCUT2D eigenvalue weighted by molar-refractivity contribution is 6.00. The predicted molar refractivity (Wildman–Crippen MR) is 324 cm³/mol. The van der Waals surface area contributed by atoms with Crippen LogP contribution in [0.15, 0.2) is 91.8 Å². The van der Waals surface area contributed by atoms with Crippen molar-refractivity contribution in [2.75, 3.05) is 13.1 Å². The molecule has 93 heavy (non-hydrogen) atoms. The summed E-state index contributed by atoms with van der Waals surface area (Å²) in [5.74, 6) is -12.6. The molecule has 0 unspecified atom stereocenters. The number of imidazole rings is 1. The lowest BCUT2D eigenvalue weighted by Gasteiger charge is -2.37. The second-order valence-electron chi connectivity index (χ2n) is 23.1. The number of carboxylic acids is 1. The minimum atomic E-state index is -2.04. The highest BCUT2D eigenvalue weighted by Gasteiger charge is 2.48. The number of nitrogens with zero attached hydrogens (tertiary/aromatic N) is 5. The molecule has 32 heteroatoms. The summed E-state index contributed by atoms with van der Waals surface area (Å²) in [6.07, 6.45) is 4.57. The maximum Gasteiger partial charge on any atom is 0.305 e. The van der Waals surface area contributed by atoms with Crippen LogP contribution in [0.3, 0.4) is 0 Å². The highest BCUT2D eigenvalue weighted by atomic mass is 19.1. The molecular weight excluding hydrogens is 1220 g/mol. The molecular formula is C61H69F2N17O13. The lowest BCUT2D eigenvalue weighted by Crippen LogP contribution is -2.63. The van der Waals surface area contributed by atoms with Crippen molar-refractivity contribution in [2.24, 2.45) is 5.73 Å². The van der Waals surface area contributed by atoms with Crippen molar-refractivity contribution in [3.63, 3.8) is 0 Å². The molecule has 3 aromatic carbocycles. The molecule has 2 aliphatic rings. The van der Waals surface area contributed by atoms with Crippen molar-refractivity contribution in [3.05, 3.63) is 131 Å². The Morgan fingerprint density at radius 3 is 1.89 bits per heavy atom. The van der Waals surface area contributed by atoms with E-state index < -0.39 is 150 Å². The van der Waals surface area contributed by atoms with Crippen LogP contribution in [0.1, 0.15) is 74.0 Å². The molecule has 0 radical (unpaired) electrons. The van der Waals surface area contributed by atoms with E-state index in [1.54, 1.807) is 0 Å². The molecule has 2 aliphatic heterocycles. The predicted octanol–water partition coefficient (Wildman–Crippen LogP) is -0.875. The van der Waals surface area contributed by atoms with Gasteiger partial charge in [0.2, 0.25) is 59.1 Å². The van der Waals surface area contributed by atoms with Gasteiger partial charge in [-0.3, -0.25) is 57.4 Å². The van der Waals surface area contributed by atoms with Gasteiger partial charge in [-0.05, 0) is 97.8 Å². The number of aliphatic carboxylic acids is 1. The number of halogens is 2. The van der Waals surface area contributed by atoms with Crippen LogP contribution in [0, 0.1) is 11.6 Å². The molecule has 30 nitrogen and oxygen atoms in total. The molecule has 6 heterocycles. The van der Waals surface area contributed by atoms with Crippen LogP contribution in [0.25, 0.3) is 21.8 Å². The van der Waals surface area contributed by atoms with Crippen molar-refractivity contribution in [2.45, 2.75) is 132 Å². The second-order valence-corrected chi connectivity index (χ2v) is 23.1. The monoisotopic (exact) mass is 1290 g/mol. The molecule has 7 aromatic rings. The molecule has 1 fully saturated rings. The number of hydrogen-bond donors (Lipinski definition) is 14. The zero-order valence-electron chi connectivity index (χ0n) is 50.3. The van der Waals surface area contributed by atoms with Crippen LogP contribution in [0.2, 0.25) is 0 Å². The van der Waals surface area contributed by atoms with Gasteiger partial charge in [0.25, 0.3) is 0 Å². The smallest absolute Gasteiger partial charge is 0.305 e. The van der Waals surface area contributed by atoms with E-state index in [1.807, 2.05) is 0 Å². The van der Waals surface area contributed by atoms with E-state index >= 15 is 4.79 Å². The molecule has 0 spiro atoms. The van der Waals surface area contributed by atoms with Crippen LogP contribution in [0.5, 0.6) is 5.75 Å². The number of hydrogen-bond acceptors (Lipinski definition) is 15. The summed E-state index contributed by atoms with van der Waals surface area (Å²) in [6.45, 7) is 1.92. The number of rotatable bonds is 12. The maximum atomic E-state index is 15.1. The van der Waals surface area contributed by atoms with Gasteiger partial charge in [0.05, 0.1) is 25.0 Å². The zero-order valence-corrected chi connectivity index (χ0v) is 50.3. The minimum absolute atomic E-state index is 0.00481. The van der Waals surface area contributed by atoms with Gasteiger partial charge in [-0.1, -0.05) is 17.3 Å². The topological polar surface area (TPSA) is 445 Å². The number of amides is 10. The lowest BCUT2D eigenvalue weighted by molar-refractivity contribution is -0.147. The summed E-state index contributed by atoms with van der Waals surface area (Å²) >= 11 is 0. The van der Waals surface area contributed by atoms with Crippen molar-refractivity contribution in [1.82, 2.24) is 82.4 Å². The Hall–Kier alpha value is -11.1. The second kappa shape index (κ2) is 29.3. The average molecular weight is 1290 g/mol. The number of aromatic hydroxyl groups is 1. The number of phenols is 1. The SMILES string of the molecule is CC(=O)N[C@@H]1Cc2cn(nn2)CCC[C@@H](C(N)=O)NC(=O)[C@]2(C)CCCN2C(=O)[C@H](Cc2ccc(O)cc2)NC(=O)[C@H](Cc2cnc[nH]2)NC(=O)[C@H](CC(=O)O)NC(=O)[C@H](Cc2c[nH]c3ccc(F)cc23)NC(=O)[C@H](Cc2c[nH]c3ccc(F)cc23)NC(=O)CNC1=O. The molecule has 4 aromatic heterocycles. The van der Waals surface area contributed by atoms with Crippen LogP contribution in [-0.2, 0) is 91.4 Å². The van der Waals surface area contributed by atoms with Gasteiger partial charge < -0.3 is 78.3 Å². The number of primary amides is 1. The quantitative estimate of drug-likeness (QED) is 0.0707. The fourth-order valence-corrected chi connectivity index (χ4v) is 11.4. The number of carboxylic acid groups (broad SMARTS) is 1. The minimum Gasteiger partial charge on any atom is -0.508 e. The summed E-state index contributed by atoms with van der Waals surface area (Å²) in [7, 11) is 0. The van der Waals surface area contributed by atoms with Gasteiger partial charge in [0, 0.05) is 104 Å². The standard InChI is InChI=1S/C61H69F2N17O13/c1-31(81)70-47-23-38-29-79(78-77-38)15-3-5-44(53(64)86)76-60(93)61(2)14-4-16-80(61)59(92)50(17-32-6-10-39(82)11-7-32)75-57(90)48(22-37-27-65-30-69-37)73-58(91)49(24-52(84)85)74-56(89)46(19-34-26-67-43-13-9-36(63)21-41(34)43)72-55(88)45(71-51(83)28-68-54(47)87)18-33-25-66-42-12-8-35(62)20-40(33)42/h6-13,20-21,25-27,29-30,44-50,66-67,82H,3-5,14-19,22-24,28H2,1-2H3,(H2,64,86)(H,65,69)(H,68,87)(H,70,81)(H,71,83)(H,72,88)(H,73,91)(H,74,89)(H,75,90)(H,76,93)(H,84,85)/t44-,45-,46-,47+,48-,49-,50-,61-/m0/s1. The van der Waals surface area contributed by atoms with E-state index in [1.165, 1.54) is 102 Å². The van der Waals surface area contributed by atoms with Gasteiger partial charge in [0.1, 0.15) is 65.2 Å². The van der Waals surface area contributed by atoms with Crippen LogP contribution in [-0.4, -0.2) is 176 Å². The van der Waals surface area contributed by atoms with Crippen LogP contribution >= 0.6 is 0 Å². The Labute approximate surface area is 527 Å². The fourth-order valence-electron chi connectivity index (χ4n) is 11.4. The van der Waals surface area contributed by atoms with Gasteiger partial charge in [-0.2, -0.15) is 0 Å². The summed E-state index contributed by atoms with van der Waals surface area (Å²) in [6, 6.07) is 1.88. The number of aromatic amines is 3. The number of H-pyrrole nitrogens is 3. The Balaban J connectivity index is 1.09. The first-order chi connectivity index (χ1) is 44.4. The van der Waals surface area contributed by atoms with E-state index in [0.29, 0.717) is 34.0 Å². The van der Waals surface area contributed by atoms with E-state index in [0.717, 1.165) is 13.0 Å². The first kappa shape index (κ1) is 66.3. The van der Waals surface area contributed by atoms with Gasteiger partial charge in [-0.15, -0.1) is 5.10 Å². The number of nitrogens with one attached hydrogen (secondary N) is 11. The zero-order chi connectivity index (χ0) is 66.7. The van der Waals surface area contributed by atoms with Crippen LogP contribution < -0.4 is 48.3 Å². The summed E-state index contributed by atoms with van der Waals surface area (Å²) < 4.78 is 31.0. The first-order valence-electron chi connectivity index (χ1n) is 29.7. The first-order valence-corrected chi connectivity index (χ1v) is 29.7. The van der Waals surface area contributed by atoms with Crippen molar-refractivity contribution in [1.29, 1.82) is 0 Å². The molecule has 2 bridgehead atoms. The number of nitrogens with two attached hydrogens (primary N) is 1. The molecule has 490 valence electrons. The molecule has 10 amide bonds. The molecule has 8 atom stereocenters. The number of aryl methyl sites for hydroxylation is 1. The lowest BCUT2D eigenvalue weighted by atomic mass is 9.95. The van der Waals surface area contributed by atoms with E-state index in [9.17, 15) is 66.9 Å². The molecule has 1 saturated heterocycles. The van der Waals surface area contributed by atoms with Crippen LogP contribution in [0.4, 0.5) is 8.78 Å². The van der Waals surface area contributed by atoms with Gasteiger partial charge in [0.15, 0.2) is 0 Å². The molecule has 15 N–H and O–H groups in total. The van der Waals surface area contributed by atoms with E-state index in [2.05, 4.69) is 72.8 Å². The largest absolute Gasteiger partial charge is 0.508 e. The van der Waals surface area contributed by atoms with E-state index in [-0.39, 0.29) is 79.7 Å². The van der Waals surface area contributed by atoms with Crippen molar-refractivity contribution in [3.8, 4) is 5.75 Å². The van der Waals surface area contributed by atoms with Crippen molar-refractivity contribution < 1.29 is 71.7 Å². The molecule has 9 rings (SSSR count). The molecule has 0 saturated carbocycles. The average Bonchev–Trinajstić information content (AvgIpc) is 1.71. The third-order valence-corrected chi connectivity index (χ3v) is 16.2. The molecule has 0 aliphatic carbocycles. The Morgan fingerprint density at radius 2 is 1.30 bits per heavy atom. The fraction of sp³-hybridized carbons (Fsp3) is 0.377. The third kappa shape index (κ3) is 16.9. The highest BCUT2D eigenvalue weighted by Crippen LogP contribution is 2.31. The number of fused-ring (bicyclic) bond motifs is 5. The third-order valence-electron chi connectivity index (χ3n) is 16.2. The Bertz CT molecular complexity index is 3970. The number of phenolic OH excluding ortho intramolecular Hbond substituents is 1. The van der Waals surface area contributed by atoms with Crippen molar-refractivity contribution >= 4 is 86.8 Å². The Morgan fingerprint density at radius 1 is 0.710 bits per heavy atom. The van der Waals surface area contributed by atoms with Gasteiger partial charge >= 0.3 is 5.97 Å². The Kier molecular flexibility index (Phi) is 20.9. The summed E-state index contributed by atoms with van der Waals surface area (Å²) in [5.41, 5.74) is 6.43.